The Kier molecular flexibility index (Phi) is 5.84. The van der Waals surface area contributed by atoms with E-state index in [1.54, 1.807) is 0 Å². The van der Waals surface area contributed by atoms with E-state index in [9.17, 15) is 0 Å². The van der Waals surface area contributed by atoms with Gasteiger partial charge in [-0.3, -0.25) is 0 Å². The van der Waals surface area contributed by atoms with E-state index < -0.39 is 0 Å². The molecule has 3 rings (SSSR count). The average molecular weight is 389 g/mol. The number of thioether (sulfide) groups is 1. The minimum Gasteiger partial charge on any atom is -0.368 e. The summed E-state index contributed by atoms with van der Waals surface area (Å²) in [4.78, 5) is 11.9. The van der Waals surface area contributed by atoms with Crippen molar-refractivity contribution >= 4 is 45.8 Å². The molecule has 3 aromatic rings. The van der Waals surface area contributed by atoms with Gasteiger partial charge in [-0.1, -0.05) is 55.1 Å². The van der Waals surface area contributed by atoms with Crippen molar-refractivity contribution in [3.8, 4) is 0 Å². The van der Waals surface area contributed by atoms with E-state index in [1.807, 2.05) is 0 Å². The van der Waals surface area contributed by atoms with Crippen LogP contribution in [0.5, 0.6) is 0 Å². The molecule has 5 N–H and O–H groups in total. The van der Waals surface area contributed by atoms with Gasteiger partial charge in [0, 0.05) is 5.69 Å². The lowest BCUT2D eigenvalue weighted by atomic mass is 10.0. The third-order valence-corrected chi connectivity index (χ3v) is 5.65. The molecule has 0 unspecified atom stereocenters. The van der Waals surface area contributed by atoms with Crippen molar-refractivity contribution in [2.24, 2.45) is 0 Å². The first-order valence-corrected chi connectivity index (χ1v) is 9.99. The van der Waals surface area contributed by atoms with Gasteiger partial charge in [0.2, 0.25) is 17.0 Å². The molecule has 0 saturated heterocycles. The number of aryl methyl sites for hydroxylation is 2. The molecule has 2 aromatic heterocycles. The van der Waals surface area contributed by atoms with Gasteiger partial charge in [-0.25, -0.2) is 0 Å². The van der Waals surface area contributed by atoms with Crippen molar-refractivity contribution in [3.63, 3.8) is 0 Å². The molecule has 2 heterocycles. The Balaban J connectivity index is 1.71. The Hall–Kier alpha value is -2.46. The molecule has 0 atom stereocenters. The maximum Gasteiger partial charge on any atom is 0.225 e. The standard InChI is InChI=1S/C16H20N8S2/c1-3-9-6-5-7-10(4-2)12(9)21-15-23-24-16(26-15)25-8-11-19-13(17)22-14(18)20-11/h5-7H,3-4,8H2,1-2H3,(H,21,23)(H4,17,18,19,20,22). The van der Waals surface area contributed by atoms with Crippen LogP contribution in [0.3, 0.4) is 0 Å². The second-order valence-electron chi connectivity index (χ2n) is 5.41. The van der Waals surface area contributed by atoms with E-state index in [4.69, 9.17) is 11.5 Å². The number of hydrogen-bond acceptors (Lipinski definition) is 10. The van der Waals surface area contributed by atoms with Gasteiger partial charge in [-0.2, -0.15) is 15.0 Å². The summed E-state index contributed by atoms with van der Waals surface area (Å²) >= 11 is 2.97. The molecule has 26 heavy (non-hydrogen) atoms. The van der Waals surface area contributed by atoms with E-state index in [2.05, 4.69) is 62.5 Å². The van der Waals surface area contributed by atoms with Gasteiger partial charge in [0.25, 0.3) is 0 Å². The number of anilines is 4. The second kappa shape index (κ2) is 8.28. The lowest BCUT2D eigenvalue weighted by Crippen LogP contribution is -2.05. The largest absolute Gasteiger partial charge is 0.368 e. The molecule has 0 amide bonds. The minimum absolute atomic E-state index is 0.121. The molecule has 10 heteroatoms. The number of aromatic nitrogens is 5. The first-order chi connectivity index (χ1) is 12.6. The summed E-state index contributed by atoms with van der Waals surface area (Å²) in [5, 5.41) is 12.7. The highest BCUT2D eigenvalue weighted by molar-refractivity contribution is 8.00. The molecule has 0 spiro atoms. The van der Waals surface area contributed by atoms with Crippen LogP contribution in [-0.4, -0.2) is 25.1 Å². The normalized spacial score (nSPS) is 10.8. The smallest absolute Gasteiger partial charge is 0.225 e. The van der Waals surface area contributed by atoms with E-state index in [0.29, 0.717) is 11.6 Å². The van der Waals surface area contributed by atoms with E-state index in [-0.39, 0.29) is 11.9 Å². The Morgan fingerprint density at radius 3 is 2.27 bits per heavy atom. The topological polar surface area (TPSA) is 129 Å². The minimum atomic E-state index is 0.121. The van der Waals surface area contributed by atoms with Gasteiger partial charge < -0.3 is 16.8 Å². The monoisotopic (exact) mass is 388 g/mol. The summed E-state index contributed by atoms with van der Waals surface area (Å²) in [6, 6.07) is 6.36. The Bertz CT molecular complexity index is 853. The molecular formula is C16H20N8S2. The van der Waals surface area contributed by atoms with Gasteiger partial charge in [0.15, 0.2) is 4.34 Å². The third kappa shape index (κ3) is 4.38. The van der Waals surface area contributed by atoms with Crippen LogP contribution >= 0.6 is 23.1 Å². The predicted octanol–water partition coefficient (Wildman–Crippen LogP) is 3.05. The fourth-order valence-electron chi connectivity index (χ4n) is 2.48. The molecule has 8 nitrogen and oxygen atoms in total. The highest BCUT2D eigenvalue weighted by Gasteiger charge is 2.11. The maximum absolute atomic E-state index is 5.59. The molecule has 136 valence electrons. The molecule has 0 fully saturated rings. The number of para-hydroxylation sites is 1. The van der Waals surface area contributed by atoms with Gasteiger partial charge in [-0.15, -0.1) is 10.2 Å². The van der Waals surface area contributed by atoms with Crippen LogP contribution in [0.4, 0.5) is 22.7 Å². The quantitative estimate of drug-likeness (QED) is 0.523. The van der Waals surface area contributed by atoms with Gasteiger partial charge in [-0.05, 0) is 24.0 Å². The summed E-state index contributed by atoms with van der Waals surface area (Å²) in [6.45, 7) is 4.29. The molecular weight excluding hydrogens is 368 g/mol. The van der Waals surface area contributed by atoms with Crippen LogP contribution < -0.4 is 16.8 Å². The van der Waals surface area contributed by atoms with Crippen molar-refractivity contribution in [1.29, 1.82) is 0 Å². The van der Waals surface area contributed by atoms with Crippen LogP contribution in [0, 0.1) is 0 Å². The van der Waals surface area contributed by atoms with Gasteiger partial charge in [0.05, 0.1) is 5.75 Å². The number of nitrogens with zero attached hydrogens (tertiary/aromatic N) is 5. The fourth-order valence-corrected chi connectivity index (χ4v) is 4.09. The highest BCUT2D eigenvalue weighted by atomic mass is 32.2. The van der Waals surface area contributed by atoms with Crippen LogP contribution in [0.15, 0.2) is 22.5 Å². The van der Waals surface area contributed by atoms with Crippen LogP contribution in [0.2, 0.25) is 0 Å². The van der Waals surface area contributed by atoms with Crippen molar-refractivity contribution in [3.05, 3.63) is 35.2 Å². The highest BCUT2D eigenvalue weighted by Crippen LogP contribution is 2.32. The number of nitrogens with one attached hydrogen (secondary N) is 1. The zero-order valence-electron chi connectivity index (χ0n) is 14.6. The fraction of sp³-hybridized carbons (Fsp3) is 0.312. The van der Waals surface area contributed by atoms with Crippen molar-refractivity contribution in [1.82, 2.24) is 25.1 Å². The van der Waals surface area contributed by atoms with Gasteiger partial charge >= 0.3 is 0 Å². The first-order valence-electron chi connectivity index (χ1n) is 8.19. The lowest BCUT2D eigenvalue weighted by molar-refractivity contribution is 0.979. The number of hydrogen-bond donors (Lipinski definition) is 3. The molecule has 0 aliphatic heterocycles. The number of benzene rings is 1. The van der Waals surface area contributed by atoms with E-state index >= 15 is 0 Å². The predicted molar refractivity (Wildman–Crippen MR) is 107 cm³/mol. The summed E-state index contributed by atoms with van der Waals surface area (Å²) in [6.07, 6.45) is 1.91. The summed E-state index contributed by atoms with van der Waals surface area (Å²) < 4.78 is 0.817. The summed E-state index contributed by atoms with van der Waals surface area (Å²) in [7, 11) is 0. The van der Waals surface area contributed by atoms with Crippen LogP contribution in [-0.2, 0) is 18.6 Å². The van der Waals surface area contributed by atoms with E-state index in [1.165, 1.54) is 34.2 Å². The average Bonchev–Trinajstić information content (AvgIpc) is 3.07. The Labute approximate surface area is 159 Å². The van der Waals surface area contributed by atoms with Crippen molar-refractivity contribution in [2.75, 3.05) is 16.8 Å². The molecule has 1 aromatic carbocycles. The lowest BCUT2D eigenvalue weighted by Gasteiger charge is -2.13. The molecule has 0 radical (unpaired) electrons. The van der Waals surface area contributed by atoms with Gasteiger partial charge in [0.1, 0.15) is 5.82 Å². The molecule has 0 bridgehead atoms. The molecule has 0 aliphatic rings. The molecule has 0 saturated carbocycles. The summed E-state index contributed by atoms with van der Waals surface area (Å²) in [5.41, 5.74) is 14.8. The Morgan fingerprint density at radius 2 is 1.65 bits per heavy atom. The zero-order valence-corrected chi connectivity index (χ0v) is 16.2. The third-order valence-electron chi connectivity index (χ3n) is 3.68. The SMILES string of the molecule is CCc1cccc(CC)c1Nc1nnc(SCc2nc(N)nc(N)n2)s1. The number of nitrogens with two attached hydrogens (primary N) is 2. The Morgan fingerprint density at radius 1 is 1.00 bits per heavy atom. The summed E-state index contributed by atoms with van der Waals surface area (Å²) in [5.74, 6) is 1.26. The zero-order chi connectivity index (χ0) is 18.5. The van der Waals surface area contributed by atoms with E-state index in [0.717, 1.165) is 28.0 Å². The number of nitrogen functional groups attached to an aromatic ring is 2. The van der Waals surface area contributed by atoms with Crippen LogP contribution in [0.25, 0.3) is 0 Å². The van der Waals surface area contributed by atoms with Crippen LogP contribution in [0.1, 0.15) is 30.8 Å². The maximum atomic E-state index is 5.59. The number of rotatable bonds is 7. The van der Waals surface area contributed by atoms with Crippen molar-refractivity contribution in [2.45, 2.75) is 36.8 Å². The molecule has 0 aliphatic carbocycles. The van der Waals surface area contributed by atoms with Crippen molar-refractivity contribution < 1.29 is 0 Å². The first kappa shape index (κ1) is 18.3. The second-order valence-corrected chi connectivity index (χ2v) is 7.61.